The summed E-state index contributed by atoms with van der Waals surface area (Å²) in [6.45, 7) is 0. The Labute approximate surface area is 188 Å². The highest BCUT2D eigenvalue weighted by Crippen LogP contribution is 2.27. The summed E-state index contributed by atoms with van der Waals surface area (Å²) < 4.78 is 7.33. The molecule has 0 saturated heterocycles. The molecular formula is C20H12Br2N4O2S. The monoisotopic (exact) mass is 530 g/mol. The second-order valence-electron chi connectivity index (χ2n) is 5.98. The molecule has 9 heteroatoms. The number of nitrogens with zero attached hydrogens (tertiary/aromatic N) is 2. The average Bonchev–Trinajstić information content (AvgIpc) is 3.11. The summed E-state index contributed by atoms with van der Waals surface area (Å²) in [4.78, 5) is 21.0. The molecule has 0 aliphatic rings. The first-order valence-corrected chi connectivity index (χ1v) is 10.4. The van der Waals surface area contributed by atoms with Crippen LogP contribution in [0, 0.1) is 0 Å². The molecule has 6 nitrogen and oxygen atoms in total. The number of pyridine rings is 1. The van der Waals surface area contributed by atoms with Gasteiger partial charge in [-0.25, -0.2) is 4.98 Å². The highest BCUT2D eigenvalue weighted by molar-refractivity contribution is 9.10. The van der Waals surface area contributed by atoms with Gasteiger partial charge in [0, 0.05) is 27.0 Å². The number of thiocarbonyl (C=S) groups is 1. The maximum atomic E-state index is 12.4. The molecule has 0 fully saturated rings. The fourth-order valence-electron chi connectivity index (χ4n) is 2.64. The molecule has 1 amide bonds. The van der Waals surface area contributed by atoms with Gasteiger partial charge >= 0.3 is 0 Å². The van der Waals surface area contributed by atoms with Crippen LogP contribution in [0.4, 0.5) is 5.69 Å². The predicted octanol–water partition coefficient (Wildman–Crippen LogP) is 5.54. The van der Waals surface area contributed by atoms with Gasteiger partial charge in [-0.2, -0.15) is 0 Å². The lowest BCUT2D eigenvalue weighted by Gasteiger charge is -2.10. The van der Waals surface area contributed by atoms with E-state index in [1.165, 1.54) is 0 Å². The second-order valence-corrected chi connectivity index (χ2v) is 8.16. The van der Waals surface area contributed by atoms with E-state index in [1.807, 2.05) is 12.1 Å². The highest BCUT2D eigenvalue weighted by atomic mass is 79.9. The van der Waals surface area contributed by atoms with Crippen molar-refractivity contribution in [3.05, 3.63) is 75.4 Å². The molecule has 2 heterocycles. The van der Waals surface area contributed by atoms with Crippen molar-refractivity contribution in [2.45, 2.75) is 0 Å². The summed E-state index contributed by atoms with van der Waals surface area (Å²) in [5.41, 5.74) is 3.23. The summed E-state index contributed by atoms with van der Waals surface area (Å²) in [6.07, 6.45) is 3.37. The maximum Gasteiger partial charge on any atom is 0.258 e. The molecule has 4 rings (SSSR count). The first-order chi connectivity index (χ1) is 14.0. The Bertz CT molecular complexity index is 1240. The van der Waals surface area contributed by atoms with Crippen molar-refractivity contribution in [1.29, 1.82) is 0 Å². The standard InChI is InChI=1S/C20H12Br2N4O2S/c21-12-7-11(9-23-10-12)19-25-16-8-13(5-6-17(16)28-19)24-20(29)26-18(27)14-3-1-2-4-15(14)22/h1-10H,(H2,24,26,27,29). The van der Waals surface area contributed by atoms with Crippen molar-refractivity contribution in [3.63, 3.8) is 0 Å². The molecular weight excluding hydrogens is 520 g/mol. The third-order valence-corrected chi connectivity index (χ3v) is 5.27. The smallest absolute Gasteiger partial charge is 0.258 e. The van der Waals surface area contributed by atoms with E-state index < -0.39 is 0 Å². The largest absolute Gasteiger partial charge is 0.436 e. The lowest BCUT2D eigenvalue weighted by molar-refractivity contribution is 0.0977. The van der Waals surface area contributed by atoms with Gasteiger partial charge in [-0.15, -0.1) is 0 Å². The molecule has 0 unspecified atom stereocenters. The van der Waals surface area contributed by atoms with Gasteiger partial charge in [-0.3, -0.25) is 15.1 Å². The SMILES string of the molecule is O=C(NC(=S)Nc1ccc2oc(-c3cncc(Br)c3)nc2c1)c1ccccc1Br. The lowest BCUT2D eigenvalue weighted by atomic mass is 10.2. The molecule has 0 saturated carbocycles. The molecule has 144 valence electrons. The van der Waals surface area contributed by atoms with Crippen LogP contribution in [0.15, 0.2) is 74.3 Å². The van der Waals surface area contributed by atoms with Crippen molar-refractivity contribution < 1.29 is 9.21 Å². The molecule has 0 aliphatic carbocycles. The summed E-state index contributed by atoms with van der Waals surface area (Å²) in [5.74, 6) is 0.165. The quantitative estimate of drug-likeness (QED) is 0.338. The Hall–Kier alpha value is -2.62. The van der Waals surface area contributed by atoms with Gasteiger partial charge in [-0.05, 0) is 80.5 Å². The Morgan fingerprint density at radius 1 is 1.07 bits per heavy atom. The molecule has 2 aromatic carbocycles. The van der Waals surface area contributed by atoms with Crippen LogP contribution < -0.4 is 10.6 Å². The van der Waals surface area contributed by atoms with Crippen LogP contribution in [-0.2, 0) is 0 Å². The van der Waals surface area contributed by atoms with E-state index >= 15 is 0 Å². The molecule has 0 atom stereocenters. The number of aromatic nitrogens is 2. The number of hydrogen-bond acceptors (Lipinski definition) is 5. The van der Waals surface area contributed by atoms with Crippen LogP contribution in [0.1, 0.15) is 10.4 Å². The minimum atomic E-state index is -0.304. The highest BCUT2D eigenvalue weighted by Gasteiger charge is 2.13. The van der Waals surface area contributed by atoms with Crippen molar-refractivity contribution >= 4 is 71.9 Å². The minimum absolute atomic E-state index is 0.185. The molecule has 2 N–H and O–H groups in total. The van der Waals surface area contributed by atoms with Crippen LogP contribution in [0.2, 0.25) is 0 Å². The van der Waals surface area contributed by atoms with Gasteiger partial charge in [0.05, 0.1) is 11.1 Å². The second kappa shape index (κ2) is 8.40. The molecule has 29 heavy (non-hydrogen) atoms. The number of rotatable bonds is 3. The van der Waals surface area contributed by atoms with E-state index in [0.29, 0.717) is 32.7 Å². The van der Waals surface area contributed by atoms with Crippen LogP contribution >= 0.6 is 44.1 Å². The zero-order valence-corrected chi connectivity index (χ0v) is 18.6. The van der Waals surface area contributed by atoms with E-state index in [9.17, 15) is 4.79 Å². The number of oxazole rings is 1. The van der Waals surface area contributed by atoms with E-state index in [-0.39, 0.29) is 11.0 Å². The summed E-state index contributed by atoms with van der Waals surface area (Å²) in [5, 5.41) is 5.85. The van der Waals surface area contributed by atoms with E-state index in [1.54, 1.807) is 48.8 Å². The Kier molecular flexibility index (Phi) is 5.70. The fourth-order valence-corrected chi connectivity index (χ4v) is 3.68. The van der Waals surface area contributed by atoms with Crippen LogP contribution in [0.25, 0.3) is 22.6 Å². The van der Waals surface area contributed by atoms with E-state index in [4.69, 9.17) is 16.6 Å². The van der Waals surface area contributed by atoms with Crippen molar-refractivity contribution in [2.24, 2.45) is 0 Å². The van der Waals surface area contributed by atoms with Crippen LogP contribution in [0.5, 0.6) is 0 Å². The fraction of sp³-hybridized carbons (Fsp3) is 0. The number of carbonyl (C=O) groups excluding carboxylic acids is 1. The van der Waals surface area contributed by atoms with Gasteiger partial charge in [-0.1, -0.05) is 12.1 Å². The van der Waals surface area contributed by atoms with Gasteiger partial charge in [0.2, 0.25) is 5.89 Å². The number of halogens is 2. The summed E-state index contributed by atoms with van der Waals surface area (Å²) >= 11 is 12.0. The molecule has 0 aliphatic heterocycles. The maximum absolute atomic E-state index is 12.4. The number of fused-ring (bicyclic) bond motifs is 1. The number of amides is 1. The molecule has 0 spiro atoms. The third-order valence-electron chi connectivity index (χ3n) is 3.94. The average molecular weight is 532 g/mol. The third kappa shape index (κ3) is 4.52. The van der Waals surface area contributed by atoms with Crippen molar-refractivity contribution in [1.82, 2.24) is 15.3 Å². The van der Waals surface area contributed by atoms with E-state index in [2.05, 4.69) is 52.5 Å². The molecule has 2 aromatic heterocycles. The normalized spacial score (nSPS) is 10.7. The molecule has 4 aromatic rings. The number of hydrogen-bond donors (Lipinski definition) is 2. The Morgan fingerprint density at radius 3 is 2.69 bits per heavy atom. The van der Waals surface area contributed by atoms with E-state index in [0.717, 1.165) is 10.0 Å². The van der Waals surface area contributed by atoms with Gasteiger partial charge in [0.25, 0.3) is 5.91 Å². The summed E-state index contributed by atoms with van der Waals surface area (Å²) in [6, 6.07) is 14.4. The molecule has 0 radical (unpaired) electrons. The summed E-state index contributed by atoms with van der Waals surface area (Å²) in [7, 11) is 0. The number of nitrogens with one attached hydrogen (secondary N) is 2. The van der Waals surface area contributed by atoms with Crippen LogP contribution in [-0.4, -0.2) is 21.0 Å². The zero-order chi connectivity index (χ0) is 20.4. The Morgan fingerprint density at radius 2 is 1.90 bits per heavy atom. The zero-order valence-electron chi connectivity index (χ0n) is 14.6. The van der Waals surface area contributed by atoms with Gasteiger partial charge < -0.3 is 9.73 Å². The number of benzene rings is 2. The van der Waals surface area contributed by atoms with Gasteiger partial charge in [0.1, 0.15) is 5.52 Å². The topological polar surface area (TPSA) is 80.0 Å². The van der Waals surface area contributed by atoms with Crippen molar-refractivity contribution in [2.75, 3.05) is 5.32 Å². The first kappa shape index (κ1) is 19.7. The van der Waals surface area contributed by atoms with Crippen molar-refractivity contribution in [3.8, 4) is 11.5 Å². The predicted molar refractivity (Wildman–Crippen MR) is 123 cm³/mol. The number of anilines is 1. The minimum Gasteiger partial charge on any atom is -0.436 e. The Balaban J connectivity index is 1.50. The molecule has 0 bridgehead atoms. The van der Waals surface area contributed by atoms with Crippen LogP contribution in [0.3, 0.4) is 0 Å². The first-order valence-electron chi connectivity index (χ1n) is 8.38. The number of carbonyl (C=O) groups is 1. The lowest BCUT2D eigenvalue weighted by Crippen LogP contribution is -2.34. The van der Waals surface area contributed by atoms with Gasteiger partial charge in [0.15, 0.2) is 10.7 Å².